The summed E-state index contributed by atoms with van der Waals surface area (Å²) in [5.74, 6) is 1.83. The van der Waals surface area contributed by atoms with Crippen LogP contribution in [0, 0.1) is 5.92 Å². The Morgan fingerprint density at radius 2 is 2.00 bits per heavy atom. The van der Waals surface area contributed by atoms with E-state index in [0.29, 0.717) is 24.2 Å². The van der Waals surface area contributed by atoms with E-state index in [-0.39, 0.29) is 5.91 Å². The number of amides is 1. The fourth-order valence-corrected chi connectivity index (χ4v) is 3.38. The van der Waals surface area contributed by atoms with Crippen molar-refractivity contribution in [3.8, 4) is 11.4 Å². The van der Waals surface area contributed by atoms with Crippen molar-refractivity contribution in [2.24, 2.45) is 5.92 Å². The summed E-state index contributed by atoms with van der Waals surface area (Å²) in [7, 11) is 0. The Kier molecular flexibility index (Phi) is 4.48. The van der Waals surface area contributed by atoms with Crippen LogP contribution in [-0.2, 0) is 11.3 Å². The fourth-order valence-electron chi connectivity index (χ4n) is 3.38. The lowest BCUT2D eigenvalue weighted by Gasteiger charge is -2.28. The summed E-state index contributed by atoms with van der Waals surface area (Å²) >= 11 is 0. The zero-order chi connectivity index (χ0) is 17.1. The molecule has 0 aliphatic heterocycles. The lowest BCUT2D eigenvalue weighted by Crippen LogP contribution is -2.55. The fraction of sp³-hybridized carbons (Fsp3) is 0.556. The van der Waals surface area contributed by atoms with Crippen LogP contribution in [0.3, 0.4) is 0 Å². The van der Waals surface area contributed by atoms with Crippen molar-refractivity contribution in [2.45, 2.75) is 50.6 Å². The second-order valence-electron chi connectivity index (χ2n) is 7.04. The summed E-state index contributed by atoms with van der Waals surface area (Å²) in [6.07, 6.45) is 9.71. The van der Waals surface area contributed by atoms with Gasteiger partial charge in [0.05, 0.1) is 12.1 Å². The van der Waals surface area contributed by atoms with E-state index in [0.717, 1.165) is 37.8 Å². The van der Waals surface area contributed by atoms with Gasteiger partial charge in [-0.05, 0) is 43.7 Å². The number of pyridine rings is 1. The quantitative estimate of drug-likeness (QED) is 0.801. The molecule has 2 fully saturated rings. The summed E-state index contributed by atoms with van der Waals surface area (Å²) in [5.41, 5.74) is 0.364. The van der Waals surface area contributed by atoms with Gasteiger partial charge >= 0.3 is 0 Å². The van der Waals surface area contributed by atoms with Crippen molar-refractivity contribution in [2.75, 3.05) is 6.54 Å². The highest BCUT2D eigenvalue weighted by Crippen LogP contribution is 2.32. The van der Waals surface area contributed by atoms with E-state index >= 15 is 0 Å². The number of aromatic nitrogens is 3. The molecule has 2 heterocycles. The Morgan fingerprint density at radius 1 is 1.24 bits per heavy atom. The molecule has 0 radical (unpaired) electrons. The molecule has 7 heteroatoms. The largest absolute Gasteiger partial charge is 0.354 e. The summed E-state index contributed by atoms with van der Waals surface area (Å²) in [5, 5.41) is 10.5. The van der Waals surface area contributed by atoms with Gasteiger partial charge in [-0.15, -0.1) is 0 Å². The van der Waals surface area contributed by atoms with Crippen LogP contribution < -0.4 is 10.6 Å². The molecule has 1 amide bonds. The third kappa shape index (κ3) is 3.71. The number of nitrogens with one attached hydrogen (secondary N) is 2. The van der Waals surface area contributed by atoms with Gasteiger partial charge < -0.3 is 9.84 Å². The van der Waals surface area contributed by atoms with Gasteiger partial charge in [0.1, 0.15) is 0 Å². The molecule has 25 heavy (non-hydrogen) atoms. The van der Waals surface area contributed by atoms with Crippen LogP contribution in [0.1, 0.15) is 44.4 Å². The van der Waals surface area contributed by atoms with Crippen LogP contribution in [0.5, 0.6) is 0 Å². The van der Waals surface area contributed by atoms with Crippen LogP contribution in [-0.4, -0.2) is 33.1 Å². The average Bonchev–Trinajstić information content (AvgIpc) is 3.15. The van der Waals surface area contributed by atoms with Crippen molar-refractivity contribution in [3.05, 3.63) is 30.4 Å². The first-order valence-electron chi connectivity index (χ1n) is 9.01. The second kappa shape index (κ2) is 6.92. The van der Waals surface area contributed by atoms with E-state index in [1.165, 1.54) is 12.8 Å². The monoisotopic (exact) mass is 341 g/mol. The third-order valence-electron chi connectivity index (χ3n) is 5.12. The molecule has 2 aromatic rings. The predicted molar refractivity (Wildman–Crippen MR) is 91.3 cm³/mol. The van der Waals surface area contributed by atoms with Crippen LogP contribution in [0.4, 0.5) is 0 Å². The van der Waals surface area contributed by atoms with E-state index in [4.69, 9.17) is 4.52 Å². The van der Waals surface area contributed by atoms with Crippen molar-refractivity contribution in [1.29, 1.82) is 0 Å². The minimum Gasteiger partial charge on any atom is -0.354 e. The van der Waals surface area contributed by atoms with Gasteiger partial charge in [0.2, 0.25) is 17.6 Å². The van der Waals surface area contributed by atoms with Crippen LogP contribution in [0.2, 0.25) is 0 Å². The molecule has 0 unspecified atom stereocenters. The molecule has 0 saturated heterocycles. The van der Waals surface area contributed by atoms with E-state index in [1.54, 1.807) is 12.4 Å². The Balaban J connectivity index is 1.39. The number of hydrogen-bond donors (Lipinski definition) is 2. The van der Waals surface area contributed by atoms with Gasteiger partial charge in [0.15, 0.2) is 0 Å². The zero-order valence-corrected chi connectivity index (χ0v) is 14.2. The number of rotatable bonds is 7. The molecule has 2 aliphatic carbocycles. The zero-order valence-electron chi connectivity index (χ0n) is 14.2. The summed E-state index contributed by atoms with van der Waals surface area (Å²) in [6.45, 7) is 1.20. The smallest absolute Gasteiger partial charge is 0.240 e. The van der Waals surface area contributed by atoms with Crippen molar-refractivity contribution < 1.29 is 9.32 Å². The number of hydrogen-bond acceptors (Lipinski definition) is 6. The maximum atomic E-state index is 12.7. The maximum absolute atomic E-state index is 12.7. The molecule has 132 valence electrons. The molecule has 4 rings (SSSR count). The molecule has 0 spiro atoms. The Labute approximate surface area is 146 Å². The number of carbonyl (C=O) groups is 1. The molecule has 0 aromatic carbocycles. The van der Waals surface area contributed by atoms with E-state index < -0.39 is 5.54 Å². The van der Waals surface area contributed by atoms with Crippen molar-refractivity contribution in [1.82, 2.24) is 25.8 Å². The molecular formula is C18H23N5O2. The Hall–Kier alpha value is -2.28. The van der Waals surface area contributed by atoms with Crippen molar-refractivity contribution in [3.63, 3.8) is 0 Å². The van der Waals surface area contributed by atoms with Crippen LogP contribution in [0.15, 0.2) is 29.0 Å². The lowest BCUT2D eigenvalue weighted by molar-refractivity contribution is -0.127. The molecule has 2 saturated carbocycles. The molecule has 0 bridgehead atoms. The van der Waals surface area contributed by atoms with Crippen molar-refractivity contribution >= 4 is 5.91 Å². The van der Waals surface area contributed by atoms with E-state index in [2.05, 4.69) is 25.8 Å². The molecular weight excluding hydrogens is 318 g/mol. The first kappa shape index (κ1) is 16.2. The lowest BCUT2D eigenvalue weighted by atomic mass is 9.96. The first-order chi connectivity index (χ1) is 12.3. The van der Waals surface area contributed by atoms with E-state index in [1.807, 2.05) is 12.1 Å². The standard InChI is InChI=1S/C18H23N5O2/c24-17(20-11-13-3-4-13)18(7-1-2-8-18)21-12-15-22-16(23-25-15)14-5-9-19-10-6-14/h5-6,9-10,13,21H,1-4,7-8,11-12H2,(H,20,24). The minimum atomic E-state index is -0.500. The Bertz CT molecular complexity index is 720. The van der Waals surface area contributed by atoms with Gasteiger partial charge in [0.25, 0.3) is 0 Å². The second-order valence-corrected chi connectivity index (χ2v) is 7.04. The van der Waals surface area contributed by atoms with Gasteiger partial charge in [-0.25, -0.2) is 0 Å². The van der Waals surface area contributed by atoms with Gasteiger partial charge in [0, 0.05) is 24.5 Å². The van der Waals surface area contributed by atoms with Gasteiger partial charge in [-0.2, -0.15) is 4.98 Å². The molecule has 2 aliphatic rings. The van der Waals surface area contributed by atoms with Crippen LogP contribution >= 0.6 is 0 Å². The predicted octanol–water partition coefficient (Wildman–Crippen LogP) is 2.06. The highest BCUT2D eigenvalue weighted by molar-refractivity contribution is 5.86. The Morgan fingerprint density at radius 3 is 2.72 bits per heavy atom. The highest BCUT2D eigenvalue weighted by Gasteiger charge is 2.41. The normalized spacial score (nSPS) is 19.0. The summed E-state index contributed by atoms with van der Waals surface area (Å²) in [6, 6.07) is 3.68. The average molecular weight is 341 g/mol. The maximum Gasteiger partial charge on any atom is 0.240 e. The highest BCUT2D eigenvalue weighted by atomic mass is 16.5. The van der Waals surface area contributed by atoms with E-state index in [9.17, 15) is 4.79 Å². The molecule has 2 aromatic heterocycles. The number of carbonyl (C=O) groups excluding carboxylic acids is 1. The molecule has 0 atom stereocenters. The number of nitrogens with zero attached hydrogens (tertiary/aromatic N) is 3. The summed E-state index contributed by atoms with van der Waals surface area (Å²) < 4.78 is 5.34. The van der Waals surface area contributed by atoms with Crippen LogP contribution in [0.25, 0.3) is 11.4 Å². The first-order valence-corrected chi connectivity index (χ1v) is 9.01. The minimum absolute atomic E-state index is 0.116. The molecule has 7 nitrogen and oxygen atoms in total. The van der Waals surface area contributed by atoms with Gasteiger partial charge in [-0.3, -0.25) is 15.1 Å². The van der Waals surface area contributed by atoms with Gasteiger partial charge in [-0.1, -0.05) is 18.0 Å². The third-order valence-corrected chi connectivity index (χ3v) is 5.12. The topological polar surface area (TPSA) is 92.9 Å². The summed E-state index contributed by atoms with van der Waals surface area (Å²) in [4.78, 5) is 21.1. The molecule has 2 N–H and O–H groups in total. The SMILES string of the molecule is O=C(NCC1CC1)C1(NCc2nc(-c3ccncc3)no2)CCCC1.